The molecule has 0 radical (unpaired) electrons. The van der Waals surface area contributed by atoms with Gasteiger partial charge in [-0.15, -0.1) is 6.42 Å². The van der Waals surface area contributed by atoms with Crippen LogP contribution in [-0.2, 0) is 6.42 Å². The number of halogens is 3. The van der Waals surface area contributed by atoms with Gasteiger partial charge in [0.05, 0.1) is 10.6 Å². The second-order valence-electron chi connectivity index (χ2n) is 3.89. The van der Waals surface area contributed by atoms with E-state index >= 15 is 0 Å². The van der Waals surface area contributed by atoms with Crippen LogP contribution in [-0.4, -0.2) is 12.7 Å². The van der Waals surface area contributed by atoms with Crippen molar-refractivity contribution >= 4 is 11.6 Å². The summed E-state index contributed by atoms with van der Waals surface area (Å²) in [5.74, 6) is 1.67. The van der Waals surface area contributed by atoms with Crippen LogP contribution < -0.4 is 5.73 Å². The van der Waals surface area contributed by atoms with E-state index in [-0.39, 0.29) is 10.6 Å². The minimum absolute atomic E-state index is 0.0187. The number of aryl methyl sites for hydroxylation is 1. The Balaban J connectivity index is 2.67. The Morgan fingerprint density at radius 3 is 2.76 bits per heavy atom. The molecule has 0 amide bonds. The first kappa shape index (κ1) is 14.0. The maximum absolute atomic E-state index is 13.3. The van der Waals surface area contributed by atoms with Crippen LogP contribution in [0.1, 0.15) is 24.0 Å². The number of terminal acetylenes is 1. The van der Waals surface area contributed by atoms with E-state index in [1.54, 1.807) is 12.1 Å². The van der Waals surface area contributed by atoms with E-state index in [1.807, 2.05) is 0 Å². The molecule has 1 aromatic rings. The van der Waals surface area contributed by atoms with Gasteiger partial charge in [0.25, 0.3) is 0 Å². The molecule has 2 N–H and O–H groups in total. The normalized spacial score (nSPS) is 12.2. The summed E-state index contributed by atoms with van der Waals surface area (Å²) in [7, 11) is 0. The lowest BCUT2D eigenvalue weighted by molar-refractivity contribution is 0.407. The Hall–Kier alpha value is -1.11. The highest BCUT2D eigenvalue weighted by molar-refractivity contribution is 6.30. The third-order valence-corrected chi connectivity index (χ3v) is 2.76. The number of alkyl halides is 1. The standard InChI is InChI=1S/C13H14ClF2N/c1-2-10-6-9(7-12(14)13(10)16)4-3-5-11(17)8-15/h1,6-7,11H,3-5,8,17H2. The minimum atomic E-state index is -0.571. The second-order valence-corrected chi connectivity index (χ2v) is 4.30. The molecule has 1 atom stereocenters. The van der Waals surface area contributed by atoms with Gasteiger partial charge in [0.2, 0.25) is 0 Å². The molecule has 17 heavy (non-hydrogen) atoms. The van der Waals surface area contributed by atoms with Crippen molar-refractivity contribution in [2.45, 2.75) is 25.3 Å². The van der Waals surface area contributed by atoms with Crippen LogP contribution >= 0.6 is 11.6 Å². The van der Waals surface area contributed by atoms with Gasteiger partial charge in [-0.1, -0.05) is 17.5 Å². The average molecular weight is 258 g/mol. The van der Waals surface area contributed by atoms with Gasteiger partial charge in [-0.3, -0.25) is 0 Å². The zero-order valence-electron chi connectivity index (χ0n) is 9.35. The van der Waals surface area contributed by atoms with Crippen LogP contribution in [0.15, 0.2) is 12.1 Å². The van der Waals surface area contributed by atoms with Gasteiger partial charge in [0.15, 0.2) is 5.82 Å². The van der Waals surface area contributed by atoms with Crippen molar-refractivity contribution in [3.63, 3.8) is 0 Å². The van der Waals surface area contributed by atoms with Crippen LogP contribution in [0.25, 0.3) is 0 Å². The van der Waals surface area contributed by atoms with E-state index in [0.717, 1.165) is 12.0 Å². The van der Waals surface area contributed by atoms with Crippen LogP contribution in [0.4, 0.5) is 8.78 Å². The predicted molar refractivity (Wildman–Crippen MR) is 66.2 cm³/mol. The minimum Gasteiger partial charge on any atom is -0.325 e. The van der Waals surface area contributed by atoms with E-state index in [1.165, 1.54) is 0 Å². The molecule has 0 aliphatic rings. The first-order valence-electron chi connectivity index (χ1n) is 5.34. The smallest absolute Gasteiger partial charge is 0.157 e. The van der Waals surface area contributed by atoms with Crippen LogP contribution in [0.2, 0.25) is 5.02 Å². The Kier molecular flexibility index (Phi) is 5.40. The first-order chi connectivity index (χ1) is 8.08. The van der Waals surface area contributed by atoms with E-state index in [9.17, 15) is 8.78 Å². The summed E-state index contributed by atoms with van der Waals surface area (Å²) in [4.78, 5) is 0. The fraction of sp³-hybridized carbons (Fsp3) is 0.385. The molecule has 0 aliphatic carbocycles. The van der Waals surface area contributed by atoms with E-state index < -0.39 is 18.5 Å². The number of hydrogen-bond donors (Lipinski definition) is 1. The van der Waals surface area contributed by atoms with Gasteiger partial charge >= 0.3 is 0 Å². The molecule has 1 aromatic carbocycles. The van der Waals surface area contributed by atoms with Gasteiger partial charge in [0, 0.05) is 6.04 Å². The summed E-state index contributed by atoms with van der Waals surface area (Å²) in [6.45, 7) is -0.528. The molecular formula is C13H14ClF2N. The number of nitrogens with two attached hydrogens (primary N) is 1. The Morgan fingerprint density at radius 1 is 1.47 bits per heavy atom. The molecule has 1 rings (SSSR count). The summed E-state index contributed by atoms with van der Waals surface area (Å²) in [5.41, 5.74) is 6.45. The summed E-state index contributed by atoms with van der Waals surface area (Å²) >= 11 is 5.71. The molecule has 0 spiro atoms. The molecular weight excluding hydrogens is 244 g/mol. The molecule has 92 valence electrons. The summed E-state index contributed by atoms with van der Waals surface area (Å²) in [6, 6.07) is 2.69. The van der Waals surface area contributed by atoms with Crippen LogP contribution in [0.5, 0.6) is 0 Å². The summed E-state index contributed by atoms with van der Waals surface area (Å²) in [5, 5.41) is 0.0187. The topological polar surface area (TPSA) is 26.0 Å². The average Bonchev–Trinajstić information content (AvgIpc) is 2.33. The molecule has 1 nitrogen and oxygen atoms in total. The molecule has 0 aromatic heterocycles. The van der Waals surface area contributed by atoms with Crippen molar-refractivity contribution in [1.29, 1.82) is 0 Å². The maximum atomic E-state index is 13.3. The highest BCUT2D eigenvalue weighted by Crippen LogP contribution is 2.21. The predicted octanol–water partition coefficient (Wildman–Crippen LogP) is 3.08. The van der Waals surface area contributed by atoms with Crippen LogP contribution in [0.3, 0.4) is 0 Å². The lowest BCUT2D eigenvalue weighted by Gasteiger charge is -2.08. The van der Waals surface area contributed by atoms with Crippen molar-refractivity contribution in [2.75, 3.05) is 6.67 Å². The molecule has 0 aliphatic heterocycles. The molecule has 0 bridgehead atoms. The van der Waals surface area contributed by atoms with Crippen molar-refractivity contribution < 1.29 is 8.78 Å². The molecule has 0 saturated heterocycles. The van der Waals surface area contributed by atoms with Gasteiger partial charge in [-0.2, -0.15) is 0 Å². The number of benzene rings is 1. The molecule has 4 heteroatoms. The fourth-order valence-corrected chi connectivity index (χ4v) is 1.78. The fourth-order valence-electron chi connectivity index (χ4n) is 1.54. The SMILES string of the molecule is C#Cc1cc(CCCC(N)CF)cc(Cl)c1F. The number of hydrogen-bond acceptors (Lipinski definition) is 1. The van der Waals surface area contributed by atoms with Crippen molar-refractivity contribution in [1.82, 2.24) is 0 Å². The zero-order valence-corrected chi connectivity index (χ0v) is 10.1. The van der Waals surface area contributed by atoms with Crippen LogP contribution in [0, 0.1) is 18.2 Å². The van der Waals surface area contributed by atoms with Gasteiger partial charge in [0.1, 0.15) is 6.67 Å². The van der Waals surface area contributed by atoms with Gasteiger partial charge < -0.3 is 5.73 Å². The maximum Gasteiger partial charge on any atom is 0.157 e. The lowest BCUT2D eigenvalue weighted by Crippen LogP contribution is -2.21. The number of rotatable bonds is 5. The first-order valence-corrected chi connectivity index (χ1v) is 5.72. The largest absolute Gasteiger partial charge is 0.325 e. The van der Waals surface area contributed by atoms with Gasteiger partial charge in [-0.25, -0.2) is 8.78 Å². The lowest BCUT2D eigenvalue weighted by atomic mass is 10.0. The molecule has 0 heterocycles. The third kappa shape index (κ3) is 3.99. The van der Waals surface area contributed by atoms with Crippen molar-refractivity contribution in [3.8, 4) is 12.3 Å². The molecule has 0 fully saturated rings. The quantitative estimate of drug-likeness (QED) is 0.806. The van der Waals surface area contributed by atoms with Crippen molar-refractivity contribution in [2.24, 2.45) is 5.73 Å². The van der Waals surface area contributed by atoms with E-state index in [4.69, 9.17) is 23.8 Å². The monoisotopic (exact) mass is 257 g/mol. The second kappa shape index (κ2) is 6.58. The molecule has 1 unspecified atom stereocenters. The third-order valence-electron chi connectivity index (χ3n) is 2.48. The Morgan fingerprint density at radius 2 is 2.18 bits per heavy atom. The van der Waals surface area contributed by atoms with E-state index in [0.29, 0.717) is 12.8 Å². The Bertz CT molecular complexity index is 426. The van der Waals surface area contributed by atoms with E-state index in [2.05, 4.69) is 5.92 Å². The summed E-state index contributed by atoms with van der Waals surface area (Å²) in [6.07, 6.45) is 7.12. The Labute approximate surface area is 105 Å². The molecule has 0 saturated carbocycles. The van der Waals surface area contributed by atoms with Gasteiger partial charge in [-0.05, 0) is 37.0 Å². The summed E-state index contributed by atoms with van der Waals surface area (Å²) < 4.78 is 25.5. The van der Waals surface area contributed by atoms with Crippen molar-refractivity contribution in [3.05, 3.63) is 34.1 Å². The zero-order chi connectivity index (χ0) is 12.8. The highest BCUT2D eigenvalue weighted by atomic mass is 35.5. The highest BCUT2D eigenvalue weighted by Gasteiger charge is 2.08.